The van der Waals surface area contributed by atoms with E-state index in [1.807, 2.05) is 11.8 Å². The van der Waals surface area contributed by atoms with Crippen LogP contribution in [0, 0.1) is 6.92 Å². The number of carbonyl (C=O) groups is 1. The summed E-state index contributed by atoms with van der Waals surface area (Å²) in [7, 11) is 2.08. The number of aromatic nitrogens is 2. The van der Waals surface area contributed by atoms with Crippen LogP contribution < -0.4 is 0 Å². The fourth-order valence-corrected chi connectivity index (χ4v) is 2.93. The molecule has 0 spiro atoms. The second-order valence-corrected chi connectivity index (χ2v) is 5.57. The van der Waals surface area contributed by atoms with Gasteiger partial charge in [0.05, 0.1) is 30.6 Å². The number of likely N-dealkylation sites (N-methyl/N-ethyl adjacent to an activating group) is 1. The highest BCUT2D eigenvalue weighted by molar-refractivity contribution is 5.92. The molecule has 1 aromatic rings. The van der Waals surface area contributed by atoms with Crippen molar-refractivity contribution in [3.8, 4) is 0 Å². The van der Waals surface area contributed by atoms with Crippen molar-refractivity contribution in [1.82, 2.24) is 19.8 Å². The first-order valence-electron chi connectivity index (χ1n) is 7.05. The average molecular weight is 276 g/mol. The maximum atomic E-state index is 12.6. The fraction of sp³-hybridized carbons (Fsp3) is 0.643. The average Bonchev–Trinajstić information content (AvgIpc) is 2.46. The van der Waals surface area contributed by atoms with E-state index in [2.05, 4.69) is 21.9 Å². The smallest absolute Gasteiger partial charge is 0.274 e. The predicted octanol–water partition coefficient (Wildman–Crippen LogP) is 0.330. The number of morpholine rings is 1. The van der Waals surface area contributed by atoms with Crippen LogP contribution in [-0.4, -0.2) is 71.1 Å². The van der Waals surface area contributed by atoms with E-state index in [0.717, 1.165) is 25.2 Å². The first-order valence-corrected chi connectivity index (χ1v) is 7.05. The number of piperidine rings is 1. The van der Waals surface area contributed by atoms with Crippen molar-refractivity contribution >= 4 is 5.91 Å². The summed E-state index contributed by atoms with van der Waals surface area (Å²) in [6.45, 7) is 4.98. The molecular formula is C14H20N4O2. The highest BCUT2D eigenvalue weighted by Gasteiger charge is 2.38. The summed E-state index contributed by atoms with van der Waals surface area (Å²) in [5.74, 6) is -0.0360. The summed E-state index contributed by atoms with van der Waals surface area (Å²) in [6.07, 6.45) is 4.33. The monoisotopic (exact) mass is 276 g/mol. The van der Waals surface area contributed by atoms with Gasteiger partial charge in [-0.25, -0.2) is 4.98 Å². The number of amides is 1. The minimum Gasteiger partial charge on any atom is -0.374 e. The van der Waals surface area contributed by atoms with Gasteiger partial charge in [0.2, 0.25) is 0 Å². The molecule has 1 aromatic heterocycles. The van der Waals surface area contributed by atoms with Crippen molar-refractivity contribution in [3.05, 3.63) is 23.8 Å². The normalized spacial score (nSPS) is 27.2. The van der Waals surface area contributed by atoms with Crippen LogP contribution in [0.2, 0.25) is 0 Å². The van der Waals surface area contributed by atoms with Crippen molar-refractivity contribution in [2.24, 2.45) is 0 Å². The number of nitrogens with zero attached hydrogens (tertiary/aromatic N) is 4. The second-order valence-electron chi connectivity index (χ2n) is 5.57. The topological polar surface area (TPSA) is 58.6 Å². The summed E-state index contributed by atoms with van der Waals surface area (Å²) >= 11 is 0. The minimum atomic E-state index is -0.0360. The van der Waals surface area contributed by atoms with Crippen molar-refractivity contribution in [1.29, 1.82) is 0 Å². The van der Waals surface area contributed by atoms with Crippen LogP contribution >= 0.6 is 0 Å². The molecule has 0 N–H and O–H groups in total. The van der Waals surface area contributed by atoms with Gasteiger partial charge in [-0.15, -0.1) is 0 Å². The summed E-state index contributed by atoms with van der Waals surface area (Å²) < 4.78 is 5.81. The first kappa shape index (κ1) is 13.5. The van der Waals surface area contributed by atoms with E-state index in [1.54, 1.807) is 12.4 Å². The maximum absolute atomic E-state index is 12.6. The van der Waals surface area contributed by atoms with E-state index in [-0.39, 0.29) is 18.1 Å². The third-order valence-corrected chi connectivity index (χ3v) is 4.05. The number of hydrogen-bond acceptors (Lipinski definition) is 5. The number of hydrogen-bond donors (Lipinski definition) is 0. The molecule has 3 heterocycles. The van der Waals surface area contributed by atoms with Crippen molar-refractivity contribution in [2.75, 3.05) is 33.3 Å². The number of likely N-dealkylation sites (tertiary alicyclic amines) is 1. The minimum absolute atomic E-state index is 0.0360. The zero-order valence-electron chi connectivity index (χ0n) is 12.0. The molecule has 2 fully saturated rings. The van der Waals surface area contributed by atoms with Crippen LogP contribution in [0.15, 0.2) is 12.4 Å². The van der Waals surface area contributed by atoms with Crippen LogP contribution in [0.5, 0.6) is 0 Å². The molecule has 0 aromatic carbocycles. The Kier molecular flexibility index (Phi) is 3.67. The van der Waals surface area contributed by atoms with E-state index in [9.17, 15) is 4.79 Å². The third-order valence-electron chi connectivity index (χ3n) is 4.05. The molecule has 3 rings (SSSR count). The lowest BCUT2D eigenvalue weighted by atomic mass is 9.99. The second kappa shape index (κ2) is 5.46. The molecule has 1 amide bonds. The van der Waals surface area contributed by atoms with E-state index in [1.165, 1.54) is 0 Å². The SMILES string of the molecule is Cc1cnc(C(=O)N2CCO[C@H]3CCN(C)C[C@@H]32)cn1. The lowest BCUT2D eigenvalue weighted by Gasteiger charge is -2.46. The van der Waals surface area contributed by atoms with Crippen LogP contribution in [0.3, 0.4) is 0 Å². The number of aryl methyl sites for hydroxylation is 1. The lowest BCUT2D eigenvalue weighted by molar-refractivity contribution is -0.0871. The Hall–Kier alpha value is -1.53. The van der Waals surface area contributed by atoms with Gasteiger partial charge in [-0.05, 0) is 20.4 Å². The van der Waals surface area contributed by atoms with E-state index in [4.69, 9.17) is 4.74 Å². The lowest BCUT2D eigenvalue weighted by Crippen LogP contribution is -2.60. The molecule has 0 radical (unpaired) electrons. The molecule has 2 atom stereocenters. The largest absolute Gasteiger partial charge is 0.374 e. The number of carbonyl (C=O) groups excluding carboxylic acids is 1. The standard InChI is InChI=1S/C14H20N4O2/c1-10-7-16-11(8-15-10)14(19)18-5-6-20-13-3-4-17(2)9-12(13)18/h7-8,12-13H,3-6,9H2,1-2H3/t12-,13-/m0/s1. The summed E-state index contributed by atoms with van der Waals surface area (Å²) in [5, 5.41) is 0. The van der Waals surface area contributed by atoms with Gasteiger partial charge in [0, 0.05) is 25.8 Å². The van der Waals surface area contributed by atoms with E-state index >= 15 is 0 Å². The Labute approximate surface area is 118 Å². The van der Waals surface area contributed by atoms with E-state index in [0.29, 0.717) is 18.8 Å². The van der Waals surface area contributed by atoms with E-state index < -0.39 is 0 Å². The highest BCUT2D eigenvalue weighted by atomic mass is 16.5. The van der Waals surface area contributed by atoms with Gasteiger partial charge in [0.15, 0.2) is 0 Å². The van der Waals surface area contributed by atoms with Gasteiger partial charge in [0.25, 0.3) is 5.91 Å². The first-order chi connectivity index (χ1) is 9.65. The molecule has 0 bridgehead atoms. The zero-order chi connectivity index (χ0) is 14.1. The van der Waals surface area contributed by atoms with Gasteiger partial charge in [0.1, 0.15) is 5.69 Å². The number of fused-ring (bicyclic) bond motifs is 1. The van der Waals surface area contributed by atoms with Crippen molar-refractivity contribution in [2.45, 2.75) is 25.5 Å². The predicted molar refractivity (Wildman–Crippen MR) is 73.4 cm³/mol. The fourth-order valence-electron chi connectivity index (χ4n) is 2.93. The summed E-state index contributed by atoms with van der Waals surface area (Å²) in [5.41, 5.74) is 1.24. The van der Waals surface area contributed by atoms with Crippen LogP contribution in [0.1, 0.15) is 22.6 Å². The quantitative estimate of drug-likeness (QED) is 0.740. The molecule has 2 saturated heterocycles. The molecule has 2 aliphatic heterocycles. The van der Waals surface area contributed by atoms with Crippen molar-refractivity contribution in [3.63, 3.8) is 0 Å². The molecule has 6 nitrogen and oxygen atoms in total. The molecule has 0 aliphatic carbocycles. The highest BCUT2D eigenvalue weighted by Crippen LogP contribution is 2.23. The Bertz CT molecular complexity index is 490. The van der Waals surface area contributed by atoms with Crippen LogP contribution in [-0.2, 0) is 4.74 Å². The molecule has 108 valence electrons. The number of ether oxygens (including phenoxy) is 1. The van der Waals surface area contributed by atoms with Gasteiger partial charge >= 0.3 is 0 Å². The molecule has 0 unspecified atom stereocenters. The Balaban J connectivity index is 1.80. The Morgan fingerprint density at radius 1 is 1.35 bits per heavy atom. The third kappa shape index (κ3) is 2.53. The maximum Gasteiger partial charge on any atom is 0.274 e. The summed E-state index contributed by atoms with van der Waals surface area (Å²) in [6, 6.07) is 0.123. The molecule has 20 heavy (non-hydrogen) atoms. The molecule has 2 aliphatic rings. The van der Waals surface area contributed by atoms with Crippen LogP contribution in [0.25, 0.3) is 0 Å². The Morgan fingerprint density at radius 2 is 2.20 bits per heavy atom. The number of rotatable bonds is 1. The molecule has 6 heteroatoms. The molecular weight excluding hydrogens is 256 g/mol. The Morgan fingerprint density at radius 3 is 2.95 bits per heavy atom. The van der Waals surface area contributed by atoms with Gasteiger partial charge < -0.3 is 14.5 Å². The van der Waals surface area contributed by atoms with Gasteiger partial charge in [-0.3, -0.25) is 9.78 Å². The van der Waals surface area contributed by atoms with Gasteiger partial charge in [-0.1, -0.05) is 0 Å². The van der Waals surface area contributed by atoms with Crippen LogP contribution in [0.4, 0.5) is 0 Å². The van der Waals surface area contributed by atoms with Crippen molar-refractivity contribution < 1.29 is 9.53 Å². The molecule has 0 saturated carbocycles. The summed E-state index contributed by atoms with van der Waals surface area (Å²) in [4.78, 5) is 25.1. The zero-order valence-corrected chi connectivity index (χ0v) is 12.0. The van der Waals surface area contributed by atoms with Gasteiger partial charge in [-0.2, -0.15) is 0 Å².